The Morgan fingerprint density at radius 2 is 1.09 bits per heavy atom. The van der Waals surface area contributed by atoms with E-state index in [0.29, 0.717) is 6.41 Å². The molecule has 2 aromatic rings. The van der Waals surface area contributed by atoms with Crippen LogP contribution in [0.2, 0.25) is 0 Å². The molecular formula is C25H34N6O3. The number of benzene rings is 2. The zero-order valence-corrected chi connectivity index (χ0v) is 19.9. The molecule has 2 fully saturated rings. The standard InChI is InChI=1S/C13H17N3O2.C12H17N3O/c1-11(18)15-6-8-16(9-7-15)13-4-2-12(3-5-13)14-10-17;1-10(16)14-6-8-15(9-7-14)12-4-2-11(13)3-5-12/h2-5,10H,6-9H2,1H3,(H,14,17);2-5H,6-9,13H2,1H3. The number of rotatable bonds is 4. The van der Waals surface area contributed by atoms with Gasteiger partial charge in [0.2, 0.25) is 18.2 Å². The summed E-state index contributed by atoms with van der Waals surface area (Å²) in [4.78, 5) is 41.0. The number of nitrogens with two attached hydrogens (primary N) is 1. The van der Waals surface area contributed by atoms with E-state index < -0.39 is 0 Å². The van der Waals surface area contributed by atoms with Crippen molar-refractivity contribution in [2.24, 2.45) is 0 Å². The van der Waals surface area contributed by atoms with Gasteiger partial charge in [0.05, 0.1) is 0 Å². The van der Waals surface area contributed by atoms with Gasteiger partial charge in [0.25, 0.3) is 0 Å². The number of carbonyl (C=O) groups excluding carboxylic acids is 3. The van der Waals surface area contributed by atoms with Gasteiger partial charge in [-0.25, -0.2) is 0 Å². The first-order valence-electron chi connectivity index (χ1n) is 11.5. The average molecular weight is 467 g/mol. The minimum Gasteiger partial charge on any atom is -0.399 e. The molecule has 34 heavy (non-hydrogen) atoms. The van der Waals surface area contributed by atoms with Crippen LogP contribution < -0.4 is 20.9 Å². The number of hydrogen-bond donors (Lipinski definition) is 2. The molecule has 2 aliphatic heterocycles. The molecule has 0 aromatic heterocycles. The number of carbonyl (C=O) groups is 3. The highest BCUT2D eigenvalue weighted by Crippen LogP contribution is 2.20. The van der Waals surface area contributed by atoms with Crippen molar-refractivity contribution >= 4 is 41.0 Å². The van der Waals surface area contributed by atoms with E-state index in [1.807, 2.05) is 58.3 Å². The summed E-state index contributed by atoms with van der Waals surface area (Å²) in [5.74, 6) is 0.303. The highest BCUT2D eigenvalue weighted by Gasteiger charge is 2.19. The van der Waals surface area contributed by atoms with E-state index in [9.17, 15) is 14.4 Å². The van der Waals surface area contributed by atoms with Crippen molar-refractivity contribution in [3.05, 3.63) is 48.5 Å². The minimum atomic E-state index is 0.139. The van der Waals surface area contributed by atoms with Crippen molar-refractivity contribution in [2.45, 2.75) is 13.8 Å². The summed E-state index contributed by atoms with van der Waals surface area (Å²) in [6, 6.07) is 15.6. The fraction of sp³-hybridized carbons (Fsp3) is 0.400. The Morgan fingerprint density at radius 3 is 1.44 bits per heavy atom. The number of piperazine rings is 2. The highest BCUT2D eigenvalue weighted by atomic mass is 16.2. The third-order valence-electron chi connectivity index (χ3n) is 6.17. The first kappa shape index (κ1) is 24.9. The van der Waals surface area contributed by atoms with Gasteiger partial charge in [-0.1, -0.05) is 0 Å². The van der Waals surface area contributed by atoms with Crippen LogP contribution in [-0.4, -0.2) is 80.4 Å². The molecule has 0 atom stereocenters. The lowest BCUT2D eigenvalue weighted by Gasteiger charge is -2.35. The van der Waals surface area contributed by atoms with Crippen LogP contribution in [0, 0.1) is 0 Å². The molecule has 4 rings (SSSR count). The van der Waals surface area contributed by atoms with Crippen LogP contribution in [0.3, 0.4) is 0 Å². The van der Waals surface area contributed by atoms with Crippen LogP contribution in [0.15, 0.2) is 48.5 Å². The minimum absolute atomic E-state index is 0.139. The number of nitrogen functional groups attached to an aromatic ring is 1. The quantitative estimate of drug-likeness (QED) is 0.527. The molecule has 182 valence electrons. The summed E-state index contributed by atoms with van der Waals surface area (Å²) in [6.07, 6.45) is 0.667. The fourth-order valence-electron chi connectivity index (χ4n) is 4.08. The van der Waals surface area contributed by atoms with Gasteiger partial charge in [0, 0.05) is 89.0 Å². The topological polar surface area (TPSA) is 102 Å². The summed E-state index contributed by atoms with van der Waals surface area (Å²) in [5.41, 5.74) is 9.52. The predicted octanol–water partition coefficient (Wildman–Crippen LogP) is 1.86. The normalized spacial score (nSPS) is 15.8. The van der Waals surface area contributed by atoms with Gasteiger partial charge in [0.1, 0.15) is 0 Å². The Morgan fingerprint density at radius 1 is 0.706 bits per heavy atom. The lowest BCUT2D eigenvalue weighted by Crippen LogP contribution is -2.48. The molecule has 2 heterocycles. The summed E-state index contributed by atoms with van der Waals surface area (Å²) < 4.78 is 0. The second-order valence-corrected chi connectivity index (χ2v) is 8.39. The molecule has 9 heteroatoms. The second kappa shape index (κ2) is 11.9. The first-order valence-corrected chi connectivity index (χ1v) is 11.5. The van der Waals surface area contributed by atoms with E-state index in [1.165, 1.54) is 5.69 Å². The van der Waals surface area contributed by atoms with E-state index in [0.717, 1.165) is 69.4 Å². The number of nitrogens with one attached hydrogen (secondary N) is 1. The Kier molecular flexibility index (Phi) is 8.73. The van der Waals surface area contributed by atoms with E-state index in [4.69, 9.17) is 5.73 Å². The van der Waals surface area contributed by atoms with E-state index >= 15 is 0 Å². The van der Waals surface area contributed by atoms with Crippen LogP contribution >= 0.6 is 0 Å². The van der Waals surface area contributed by atoms with Gasteiger partial charge in [-0.05, 0) is 48.5 Å². The summed E-state index contributed by atoms with van der Waals surface area (Å²) >= 11 is 0. The smallest absolute Gasteiger partial charge is 0.219 e. The average Bonchev–Trinajstić information content (AvgIpc) is 2.86. The zero-order chi connectivity index (χ0) is 24.5. The van der Waals surface area contributed by atoms with Crippen LogP contribution in [0.5, 0.6) is 0 Å². The maximum Gasteiger partial charge on any atom is 0.219 e. The number of nitrogens with zero attached hydrogens (tertiary/aromatic N) is 4. The molecule has 3 amide bonds. The number of hydrogen-bond acceptors (Lipinski definition) is 6. The Labute approximate surface area is 201 Å². The lowest BCUT2D eigenvalue weighted by atomic mass is 10.2. The molecule has 0 bridgehead atoms. The summed E-state index contributed by atoms with van der Waals surface area (Å²) in [7, 11) is 0. The van der Waals surface area contributed by atoms with Crippen LogP contribution in [0.1, 0.15) is 13.8 Å². The van der Waals surface area contributed by atoms with Gasteiger partial charge < -0.3 is 30.7 Å². The lowest BCUT2D eigenvalue weighted by molar-refractivity contribution is -0.129. The van der Waals surface area contributed by atoms with Crippen LogP contribution in [0.25, 0.3) is 0 Å². The van der Waals surface area contributed by atoms with Gasteiger partial charge in [0.15, 0.2) is 0 Å². The van der Waals surface area contributed by atoms with Crippen molar-refractivity contribution in [3.8, 4) is 0 Å². The number of amides is 3. The first-order chi connectivity index (χ1) is 16.4. The highest BCUT2D eigenvalue weighted by molar-refractivity contribution is 5.74. The summed E-state index contributed by atoms with van der Waals surface area (Å²) in [5, 5.41) is 2.61. The van der Waals surface area contributed by atoms with Crippen molar-refractivity contribution in [2.75, 3.05) is 73.2 Å². The Hall–Kier alpha value is -3.75. The van der Waals surface area contributed by atoms with Crippen LogP contribution in [0.4, 0.5) is 22.7 Å². The van der Waals surface area contributed by atoms with E-state index in [2.05, 4.69) is 15.1 Å². The van der Waals surface area contributed by atoms with E-state index in [-0.39, 0.29) is 11.8 Å². The predicted molar refractivity (Wildman–Crippen MR) is 136 cm³/mol. The van der Waals surface area contributed by atoms with Crippen molar-refractivity contribution < 1.29 is 14.4 Å². The zero-order valence-electron chi connectivity index (χ0n) is 19.9. The Bertz CT molecular complexity index is 948. The fourth-order valence-corrected chi connectivity index (χ4v) is 4.08. The van der Waals surface area contributed by atoms with Crippen molar-refractivity contribution in [3.63, 3.8) is 0 Å². The molecule has 2 aliphatic rings. The van der Waals surface area contributed by atoms with E-state index in [1.54, 1.807) is 13.8 Å². The Balaban J connectivity index is 0.000000192. The molecular weight excluding hydrogens is 432 g/mol. The molecule has 0 spiro atoms. The largest absolute Gasteiger partial charge is 0.399 e. The van der Waals surface area contributed by atoms with Crippen molar-refractivity contribution in [1.82, 2.24) is 9.80 Å². The monoisotopic (exact) mass is 466 g/mol. The molecule has 0 saturated carbocycles. The number of anilines is 4. The molecule has 3 N–H and O–H groups in total. The molecule has 0 radical (unpaired) electrons. The second-order valence-electron chi connectivity index (χ2n) is 8.39. The SMILES string of the molecule is CC(=O)N1CCN(c2ccc(N)cc2)CC1.CC(=O)N1CCN(c2ccc(NC=O)cc2)CC1. The molecule has 0 aliphatic carbocycles. The van der Waals surface area contributed by atoms with Gasteiger partial charge in [-0.2, -0.15) is 0 Å². The molecule has 2 aromatic carbocycles. The maximum absolute atomic E-state index is 11.2. The van der Waals surface area contributed by atoms with Gasteiger partial charge >= 0.3 is 0 Å². The molecule has 0 unspecified atom stereocenters. The van der Waals surface area contributed by atoms with Gasteiger partial charge in [-0.15, -0.1) is 0 Å². The third-order valence-corrected chi connectivity index (χ3v) is 6.17. The molecule has 2 saturated heterocycles. The van der Waals surface area contributed by atoms with Gasteiger partial charge in [-0.3, -0.25) is 14.4 Å². The third kappa shape index (κ3) is 6.87. The van der Waals surface area contributed by atoms with Crippen molar-refractivity contribution in [1.29, 1.82) is 0 Å². The maximum atomic E-state index is 11.2. The van der Waals surface area contributed by atoms with Crippen LogP contribution in [-0.2, 0) is 14.4 Å². The summed E-state index contributed by atoms with van der Waals surface area (Å²) in [6.45, 7) is 9.86. The molecule has 9 nitrogen and oxygen atoms in total.